The van der Waals surface area contributed by atoms with Crippen molar-refractivity contribution in [2.75, 3.05) is 11.9 Å². The van der Waals surface area contributed by atoms with Gasteiger partial charge in [-0.3, -0.25) is 10.4 Å². The molecule has 1 unspecified atom stereocenters. The molecule has 1 atom stereocenters. The van der Waals surface area contributed by atoms with Crippen molar-refractivity contribution in [2.45, 2.75) is 33.7 Å². The van der Waals surface area contributed by atoms with Crippen LogP contribution >= 0.6 is 0 Å². The van der Waals surface area contributed by atoms with Gasteiger partial charge in [-0.2, -0.15) is 5.10 Å². The van der Waals surface area contributed by atoms with Gasteiger partial charge in [-0.15, -0.1) is 0 Å². The second kappa shape index (κ2) is 5.62. The van der Waals surface area contributed by atoms with E-state index in [1.54, 1.807) is 6.20 Å². The molecule has 5 nitrogen and oxygen atoms in total. The van der Waals surface area contributed by atoms with Crippen LogP contribution in [0.5, 0.6) is 0 Å². The molecule has 2 rings (SSSR count). The van der Waals surface area contributed by atoms with Crippen molar-refractivity contribution < 1.29 is 0 Å². The number of pyridine rings is 1. The minimum atomic E-state index is 0.00731. The highest BCUT2D eigenvalue weighted by Gasteiger charge is 2.31. The number of hydrogen-bond acceptors (Lipinski definition) is 5. The van der Waals surface area contributed by atoms with E-state index in [9.17, 15) is 0 Å². The number of rotatable bonds is 0. The largest absolute Gasteiger partial charge is 0.364 e. The molecule has 0 aromatic carbocycles. The first-order valence-corrected chi connectivity index (χ1v) is 6.13. The molecule has 2 heterocycles. The highest BCUT2D eigenvalue weighted by molar-refractivity contribution is 6.51. The lowest BCUT2D eigenvalue weighted by Gasteiger charge is -2.35. The lowest BCUT2D eigenvalue weighted by atomic mass is 9.93. The number of fused-ring (bicyclic) bond motifs is 1. The number of nitrogens with one attached hydrogen (secondary N) is 1. The van der Waals surface area contributed by atoms with Crippen molar-refractivity contribution in [3.8, 4) is 0 Å². The fourth-order valence-electron chi connectivity index (χ4n) is 2.10. The summed E-state index contributed by atoms with van der Waals surface area (Å²) in [6.45, 7) is 7.93. The van der Waals surface area contributed by atoms with Crippen molar-refractivity contribution in [3.05, 3.63) is 23.5 Å². The number of aryl methyl sites for hydroxylation is 1. The highest BCUT2D eigenvalue weighted by Crippen LogP contribution is 2.29. The van der Waals surface area contributed by atoms with E-state index >= 15 is 0 Å². The van der Waals surface area contributed by atoms with Gasteiger partial charge in [0.2, 0.25) is 0 Å². The average molecular weight is 247 g/mol. The maximum Gasteiger partial charge on any atom is 0.108 e. The molecule has 0 aliphatic carbocycles. The molecular formula is C13H21N5. The number of hydrazone groups is 1. The van der Waals surface area contributed by atoms with Gasteiger partial charge in [-0.05, 0) is 19.9 Å². The summed E-state index contributed by atoms with van der Waals surface area (Å²) in [6.07, 6.45) is 1.71. The Kier molecular flexibility index (Phi) is 4.42. The second-order valence-corrected chi connectivity index (χ2v) is 3.97. The lowest BCUT2D eigenvalue weighted by molar-refractivity contribution is 0.840. The van der Waals surface area contributed by atoms with Gasteiger partial charge in [0.25, 0.3) is 0 Å². The SMILES string of the molecule is CC.Cc1nccc2c1N(C)C(C)/C(=N/N)C2=N. The second-order valence-electron chi connectivity index (χ2n) is 3.97. The summed E-state index contributed by atoms with van der Waals surface area (Å²) >= 11 is 0. The van der Waals surface area contributed by atoms with E-state index in [1.165, 1.54) is 0 Å². The van der Waals surface area contributed by atoms with Gasteiger partial charge in [0.1, 0.15) is 5.71 Å². The zero-order valence-electron chi connectivity index (χ0n) is 11.7. The Balaban J connectivity index is 0.000000771. The molecule has 0 fully saturated rings. The third kappa shape index (κ3) is 2.08. The van der Waals surface area contributed by atoms with Crippen LogP contribution in [-0.2, 0) is 0 Å². The van der Waals surface area contributed by atoms with Gasteiger partial charge in [-0.1, -0.05) is 13.8 Å². The molecule has 0 saturated heterocycles. The van der Waals surface area contributed by atoms with E-state index in [4.69, 9.17) is 11.3 Å². The third-order valence-corrected chi connectivity index (χ3v) is 3.10. The van der Waals surface area contributed by atoms with E-state index in [0.29, 0.717) is 11.4 Å². The number of anilines is 1. The van der Waals surface area contributed by atoms with E-state index in [1.807, 2.05) is 40.8 Å². The van der Waals surface area contributed by atoms with Gasteiger partial charge in [0, 0.05) is 18.8 Å². The minimum absolute atomic E-state index is 0.00731. The monoisotopic (exact) mass is 247 g/mol. The zero-order valence-corrected chi connectivity index (χ0v) is 11.7. The van der Waals surface area contributed by atoms with E-state index in [2.05, 4.69) is 15.0 Å². The molecule has 1 aliphatic heterocycles. The molecule has 3 N–H and O–H groups in total. The smallest absolute Gasteiger partial charge is 0.108 e. The first-order valence-electron chi connectivity index (χ1n) is 6.13. The summed E-state index contributed by atoms with van der Waals surface area (Å²) in [5, 5.41) is 11.8. The van der Waals surface area contributed by atoms with Crippen LogP contribution in [0.2, 0.25) is 0 Å². The third-order valence-electron chi connectivity index (χ3n) is 3.10. The Morgan fingerprint density at radius 3 is 2.61 bits per heavy atom. The fraction of sp³-hybridized carbons (Fsp3) is 0.462. The standard InChI is InChI=1S/C11H15N5.C2H6/c1-6-11-8(4-5-14-6)9(12)10(15-13)7(2)16(11)3;1-2/h4-5,7,12H,13H2,1-3H3;1-2H3/b12-9?,15-10-;. The Bertz CT molecular complexity index is 478. The van der Waals surface area contributed by atoms with E-state index < -0.39 is 0 Å². The summed E-state index contributed by atoms with van der Waals surface area (Å²) in [4.78, 5) is 6.31. The molecule has 98 valence electrons. The van der Waals surface area contributed by atoms with Crippen molar-refractivity contribution in [3.63, 3.8) is 0 Å². The minimum Gasteiger partial charge on any atom is -0.364 e. The van der Waals surface area contributed by atoms with E-state index in [0.717, 1.165) is 16.9 Å². The van der Waals surface area contributed by atoms with Crippen LogP contribution in [0.1, 0.15) is 32.0 Å². The predicted molar refractivity (Wildman–Crippen MR) is 76.6 cm³/mol. The zero-order chi connectivity index (χ0) is 13.9. The summed E-state index contributed by atoms with van der Waals surface area (Å²) in [5.74, 6) is 5.35. The number of nitrogens with two attached hydrogens (primary N) is 1. The lowest BCUT2D eigenvalue weighted by Crippen LogP contribution is -2.46. The molecule has 1 aromatic rings. The molecule has 0 saturated carbocycles. The van der Waals surface area contributed by atoms with Gasteiger partial charge < -0.3 is 10.7 Å². The molecule has 1 aromatic heterocycles. The Morgan fingerprint density at radius 2 is 2.06 bits per heavy atom. The van der Waals surface area contributed by atoms with Gasteiger partial charge in [-0.25, -0.2) is 0 Å². The molecular weight excluding hydrogens is 226 g/mol. The molecule has 0 spiro atoms. The first kappa shape index (κ1) is 14.2. The molecule has 0 amide bonds. The van der Waals surface area contributed by atoms with Crippen LogP contribution in [0.25, 0.3) is 0 Å². The van der Waals surface area contributed by atoms with Crippen LogP contribution in [-0.4, -0.2) is 29.5 Å². The van der Waals surface area contributed by atoms with Crippen LogP contribution in [0, 0.1) is 12.3 Å². The normalized spacial score (nSPS) is 20.3. The maximum absolute atomic E-state index is 8.08. The number of aromatic nitrogens is 1. The predicted octanol–water partition coefficient (Wildman–Crippen LogP) is 1.94. The van der Waals surface area contributed by atoms with Crippen molar-refractivity contribution in [1.82, 2.24) is 4.98 Å². The van der Waals surface area contributed by atoms with Crippen LogP contribution in [0.3, 0.4) is 0 Å². The molecule has 18 heavy (non-hydrogen) atoms. The summed E-state index contributed by atoms with van der Waals surface area (Å²) in [6, 6.07) is 1.84. The topological polar surface area (TPSA) is 78.4 Å². The molecule has 0 bridgehead atoms. The van der Waals surface area contributed by atoms with Crippen molar-refractivity contribution in [1.29, 1.82) is 5.41 Å². The molecule has 0 radical (unpaired) electrons. The Hall–Kier alpha value is -1.91. The fourth-order valence-corrected chi connectivity index (χ4v) is 2.10. The van der Waals surface area contributed by atoms with Gasteiger partial charge in [0.05, 0.1) is 23.1 Å². The van der Waals surface area contributed by atoms with Crippen molar-refractivity contribution in [2.24, 2.45) is 10.9 Å². The summed E-state index contributed by atoms with van der Waals surface area (Å²) in [7, 11) is 1.97. The number of hydrogen-bond donors (Lipinski definition) is 2. The Morgan fingerprint density at radius 1 is 1.44 bits per heavy atom. The average Bonchev–Trinajstić information content (AvgIpc) is 2.39. The van der Waals surface area contributed by atoms with Crippen LogP contribution in [0.4, 0.5) is 5.69 Å². The molecule has 1 aliphatic rings. The molecule has 5 heteroatoms. The quantitative estimate of drug-likeness (QED) is 0.543. The number of nitrogens with zero attached hydrogens (tertiary/aromatic N) is 3. The van der Waals surface area contributed by atoms with Gasteiger partial charge in [0.15, 0.2) is 0 Å². The highest BCUT2D eigenvalue weighted by atomic mass is 15.2. The maximum atomic E-state index is 8.08. The Labute approximate surface area is 108 Å². The van der Waals surface area contributed by atoms with Crippen LogP contribution in [0.15, 0.2) is 17.4 Å². The summed E-state index contributed by atoms with van der Waals surface area (Å²) in [5.41, 5.74) is 3.77. The van der Waals surface area contributed by atoms with Crippen LogP contribution < -0.4 is 10.7 Å². The van der Waals surface area contributed by atoms with Crippen molar-refractivity contribution >= 4 is 17.1 Å². The van der Waals surface area contributed by atoms with Gasteiger partial charge >= 0.3 is 0 Å². The van der Waals surface area contributed by atoms with E-state index in [-0.39, 0.29) is 6.04 Å². The first-order chi connectivity index (χ1) is 8.57. The summed E-state index contributed by atoms with van der Waals surface area (Å²) < 4.78 is 0.